The lowest BCUT2D eigenvalue weighted by molar-refractivity contribution is -0.382. The molecule has 2 aromatic carbocycles. The number of nitro groups is 1. The number of nitrogens with zero attached hydrogens (tertiary/aromatic N) is 2. The largest absolute Gasteiger partial charge is 0.497 e. The van der Waals surface area contributed by atoms with Crippen LogP contribution in [0.5, 0.6) is 5.75 Å². The maximum absolute atomic E-state index is 14.0. The zero-order valence-corrected chi connectivity index (χ0v) is 17.0. The number of carbonyl (C=O) groups is 1. The zero-order valence-electron chi connectivity index (χ0n) is 15.5. The van der Waals surface area contributed by atoms with Gasteiger partial charge in [-0.15, -0.1) is 0 Å². The highest BCUT2D eigenvalue weighted by Gasteiger charge is 2.56. The molecule has 2 heterocycles. The second kappa shape index (κ2) is 7.35. The van der Waals surface area contributed by atoms with Crippen LogP contribution in [0, 0.1) is 15.9 Å². The molecule has 1 aliphatic heterocycles. The van der Waals surface area contributed by atoms with E-state index < -0.39 is 27.4 Å². The monoisotopic (exact) mass is 448 g/mol. The van der Waals surface area contributed by atoms with Crippen LogP contribution < -0.4 is 4.74 Å². The lowest BCUT2D eigenvalue weighted by Crippen LogP contribution is -2.44. The number of thiophene rings is 1. The molecule has 1 aliphatic rings. The number of carbonyl (C=O) groups excluding carboxylic acids is 1. The van der Waals surface area contributed by atoms with E-state index in [4.69, 9.17) is 16.3 Å². The summed E-state index contributed by atoms with van der Waals surface area (Å²) >= 11 is 6.96. The third-order valence-electron chi connectivity index (χ3n) is 4.96. The van der Waals surface area contributed by atoms with Crippen LogP contribution in [0.15, 0.2) is 47.8 Å². The van der Waals surface area contributed by atoms with Gasteiger partial charge in [-0.1, -0.05) is 35.1 Å². The first-order valence-corrected chi connectivity index (χ1v) is 9.92. The van der Waals surface area contributed by atoms with E-state index in [1.54, 1.807) is 24.3 Å². The summed E-state index contributed by atoms with van der Waals surface area (Å²) in [6.07, 6.45) is 0. The molecule has 0 saturated carbocycles. The van der Waals surface area contributed by atoms with Gasteiger partial charge in [0.1, 0.15) is 17.1 Å². The van der Waals surface area contributed by atoms with Crippen molar-refractivity contribution in [2.75, 3.05) is 7.11 Å². The summed E-state index contributed by atoms with van der Waals surface area (Å²) < 4.78 is 19.2. The number of aliphatic hydroxyl groups is 1. The summed E-state index contributed by atoms with van der Waals surface area (Å²) in [4.78, 5) is 25.1. The van der Waals surface area contributed by atoms with Crippen LogP contribution in [0.25, 0.3) is 0 Å². The fraction of sp³-hybridized carbons (Fsp3) is 0.150. The van der Waals surface area contributed by atoms with Gasteiger partial charge < -0.3 is 9.84 Å². The Balaban J connectivity index is 1.91. The highest BCUT2D eigenvalue weighted by Crippen LogP contribution is 2.51. The number of methoxy groups -OCH3 is 1. The molecular formula is C20H14ClFN2O5S. The van der Waals surface area contributed by atoms with Crippen LogP contribution in [-0.2, 0) is 12.3 Å². The van der Waals surface area contributed by atoms with Gasteiger partial charge in [0.05, 0.1) is 17.6 Å². The van der Waals surface area contributed by atoms with E-state index in [2.05, 4.69) is 0 Å². The summed E-state index contributed by atoms with van der Waals surface area (Å²) in [5, 5.41) is 24.2. The van der Waals surface area contributed by atoms with Gasteiger partial charge in [0.2, 0.25) is 5.72 Å². The van der Waals surface area contributed by atoms with Crippen LogP contribution in [0.1, 0.15) is 27.0 Å². The minimum Gasteiger partial charge on any atom is -0.497 e. The summed E-state index contributed by atoms with van der Waals surface area (Å²) in [6.45, 7) is -0.0946. The number of hydrogen-bond donors (Lipinski definition) is 1. The maximum Gasteiger partial charge on any atom is 0.333 e. The van der Waals surface area contributed by atoms with Crippen LogP contribution in [0.4, 0.5) is 9.39 Å². The predicted octanol–water partition coefficient (Wildman–Crippen LogP) is 4.31. The molecule has 1 amide bonds. The molecule has 0 bridgehead atoms. The molecule has 0 fully saturated rings. The number of amides is 1. The molecule has 1 atom stereocenters. The quantitative estimate of drug-likeness (QED) is 0.464. The summed E-state index contributed by atoms with van der Waals surface area (Å²) in [5.74, 6) is -0.719. The fourth-order valence-corrected chi connectivity index (χ4v) is 4.70. The second-order valence-electron chi connectivity index (χ2n) is 6.62. The Labute approximate surface area is 179 Å². The van der Waals surface area contributed by atoms with Gasteiger partial charge in [-0.05, 0) is 35.9 Å². The van der Waals surface area contributed by atoms with Gasteiger partial charge >= 0.3 is 5.00 Å². The third-order valence-corrected chi connectivity index (χ3v) is 6.22. The van der Waals surface area contributed by atoms with Crippen molar-refractivity contribution in [2.45, 2.75) is 12.3 Å². The molecule has 1 aromatic heterocycles. The Bertz CT molecular complexity index is 1170. The number of ether oxygens (including phenoxy) is 1. The van der Waals surface area contributed by atoms with Gasteiger partial charge in [0, 0.05) is 22.5 Å². The summed E-state index contributed by atoms with van der Waals surface area (Å²) in [6, 6.07) is 10.1. The highest BCUT2D eigenvalue weighted by atomic mass is 35.5. The molecule has 30 heavy (non-hydrogen) atoms. The van der Waals surface area contributed by atoms with Crippen molar-refractivity contribution in [3.05, 3.63) is 91.1 Å². The Morgan fingerprint density at radius 3 is 2.63 bits per heavy atom. The van der Waals surface area contributed by atoms with Gasteiger partial charge in [0.25, 0.3) is 5.91 Å². The van der Waals surface area contributed by atoms with Crippen molar-refractivity contribution in [3.8, 4) is 5.75 Å². The number of hydrogen-bond acceptors (Lipinski definition) is 6. The Hall–Kier alpha value is -3.01. The Morgan fingerprint density at radius 1 is 1.30 bits per heavy atom. The third kappa shape index (κ3) is 3.02. The molecule has 0 aliphatic carbocycles. The van der Waals surface area contributed by atoms with Crippen molar-refractivity contribution in [1.29, 1.82) is 0 Å². The Kier molecular flexibility index (Phi) is 4.97. The van der Waals surface area contributed by atoms with Gasteiger partial charge in [0.15, 0.2) is 0 Å². The van der Waals surface area contributed by atoms with E-state index in [9.17, 15) is 24.4 Å². The minimum atomic E-state index is -2.31. The van der Waals surface area contributed by atoms with Crippen LogP contribution in [-0.4, -0.2) is 27.9 Å². The standard InChI is InChI=1S/C20H14ClFN2O5S/c1-29-13-5-2-11(3-6-13)9-23-18(25)14-10-30-19(24(27)28)17(14)20(23,26)15-8-12(22)4-7-16(15)21/h2-8,10,26H,9H2,1H3. The lowest BCUT2D eigenvalue weighted by atomic mass is 9.95. The van der Waals surface area contributed by atoms with E-state index >= 15 is 0 Å². The van der Waals surface area contributed by atoms with Crippen LogP contribution in [0.2, 0.25) is 5.02 Å². The van der Waals surface area contributed by atoms with Crippen LogP contribution in [0.3, 0.4) is 0 Å². The molecule has 1 unspecified atom stereocenters. The molecular weight excluding hydrogens is 435 g/mol. The van der Waals surface area contributed by atoms with Gasteiger partial charge in [-0.2, -0.15) is 0 Å². The number of fused-ring (bicyclic) bond motifs is 1. The van der Waals surface area contributed by atoms with E-state index in [1.807, 2.05) is 0 Å². The fourth-order valence-electron chi connectivity index (χ4n) is 3.55. The average molecular weight is 449 g/mol. The summed E-state index contributed by atoms with van der Waals surface area (Å²) in [5.41, 5.74) is -2.04. The number of benzene rings is 2. The van der Waals surface area contributed by atoms with Gasteiger partial charge in [-0.25, -0.2) is 4.39 Å². The Morgan fingerprint density at radius 2 is 2.00 bits per heavy atom. The van der Waals surface area contributed by atoms with Crippen molar-refractivity contribution in [3.63, 3.8) is 0 Å². The highest BCUT2D eigenvalue weighted by molar-refractivity contribution is 7.14. The summed E-state index contributed by atoms with van der Waals surface area (Å²) in [7, 11) is 1.51. The van der Waals surface area contributed by atoms with Crippen molar-refractivity contribution < 1.29 is 24.0 Å². The maximum atomic E-state index is 14.0. The number of halogens is 2. The topological polar surface area (TPSA) is 92.9 Å². The first kappa shape index (κ1) is 20.3. The molecule has 7 nitrogen and oxygen atoms in total. The zero-order chi connectivity index (χ0) is 21.6. The SMILES string of the molecule is COc1ccc(CN2C(=O)c3csc([N+](=O)[O-])c3C2(O)c2cc(F)ccc2Cl)cc1. The average Bonchev–Trinajstić information content (AvgIpc) is 3.26. The molecule has 0 radical (unpaired) electrons. The lowest BCUT2D eigenvalue weighted by Gasteiger charge is -2.35. The van der Waals surface area contributed by atoms with Crippen molar-refractivity contribution >= 4 is 33.8 Å². The molecule has 3 aromatic rings. The molecule has 1 N–H and O–H groups in total. The normalized spacial score (nSPS) is 17.9. The van der Waals surface area contributed by atoms with Crippen molar-refractivity contribution in [1.82, 2.24) is 4.90 Å². The number of rotatable bonds is 5. The van der Waals surface area contributed by atoms with Crippen LogP contribution >= 0.6 is 22.9 Å². The minimum absolute atomic E-state index is 0.0111. The van der Waals surface area contributed by atoms with E-state index in [0.29, 0.717) is 11.3 Å². The molecule has 0 spiro atoms. The molecule has 10 heteroatoms. The smallest absolute Gasteiger partial charge is 0.333 e. The first-order chi connectivity index (χ1) is 14.3. The van der Waals surface area contributed by atoms with E-state index in [-0.39, 0.29) is 28.3 Å². The molecule has 154 valence electrons. The van der Waals surface area contributed by atoms with Gasteiger partial charge in [-0.3, -0.25) is 19.8 Å². The van der Waals surface area contributed by atoms with Crippen molar-refractivity contribution in [2.24, 2.45) is 0 Å². The van der Waals surface area contributed by atoms with E-state index in [0.717, 1.165) is 28.4 Å². The molecule has 0 saturated heterocycles. The molecule has 4 rings (SSSR count). The predicted molar refractivity (Wildman–Crippen MR) is 108 cm³/mol. The first-order valence-electron chi connectivity index (χ1n) is 8.66. The second-order valence-corrected chi connectivity index (χ2v) is 7.89. The van der Waals surface area contributed by atoms with E-state index in [1.165, 1.54) is 18.6 Å².